The first kappa shape index (κ1) is 15.3. The Morgan fingerprint density at radius 2 is 1.91 bits per heavy atom. The summed E-state index contributed by atoms with van der Waals surface area (Å²) in [6, 6.07) is 9.80. The van der Waals surface area contributed by atoms with E-state index in [2.05, 4.69) is 26.9 Å². The van der Waals surface area contributed by atoms with Crippen LogP contribution in [0.15, 0.2) is 34.8 Å². The number of aromatic hydroxyl groups is 1. The number of piperazine rings is 1. The monoisotopic (exact) mass is 362 g/mol. The van der Waals surface area contributed by atoms with Crippen molar-refractivity contribution in [2.45, 2.75) is 13.5 Å². The van der Waals surface area contributed by atoms with Gasteiger partial charge in [0, 0.05) is 49.7 Å². The maximum atomic E-state index is 11.4. The Labute approximate surface area is 138 Å². The predicted molar refractivity (Wildman–Crippen MR) is 90.8 cm³/mol. The maximum Gasteiger partial charge on any atom is 0.219 e. The van der Waals surface area contributed by atoms with Crippen molar-refractivity contribution in [1.29, 1.82) is 0 Å². The highest BCUT2D eigenvalue weighted by Crippen LogP contribution is 2.30. The summed E-state index contributed by atoms with van der Waals surface area (Å²) in [5.74, 6) is 0.473. The minimum absolute atomic E-state index is 0.137. The SMILES string of the molecule is CC(=O)N1CCN(Cc2c(O)ccc3cc(Br)ccc23)CC1. The molecule has 1 fully saturated rings. The molecule has 116 valence electrons. The van der Waals surface area contributed by atoms with E-state index in [1.807, 2.05) is 23.1 Å². The molecule has 0 bridgehead atoms. The molecule has 2 aromatic rings. The van der Waals surface area contributed by atoms with Crippen molar-refractivity contribution in [1.82, 2.24) is 9.80 Å². The van der Waals surface area contributed by atoms with Crippen LogP contribution in [0.2, 0.25) is 0 Å². The summed E-state index contributed by atoms with van der Waals surface area (Å²) in [4.78, 5) is 15.5. The standard InChI is InChI=1S/C17H19BrN2O2/c1-12(21)20-8-6-19(7-9-20)11-16-15-4-3-14(18)10-13(15)2-5-17(16)22/h2-5,10,22H,6-9,11H2,1H3. The molecule has 0 radical (unpaired) electrons. The predicted octanol–water partition coefficient (Wildman–Crippen LogP) is 2.97. The minimum Gasteiger partial charge on any atom is -0.508 e. The zero-order valence-electron chi connectivity index (χ0n) is 12.6. The number of phenols is 1. The van der Waals surface area contributed by atoms with Crippen LogP contribution in [0.3, 0.4) is 0 Å². The van der Waals surface area contributed by atoms with Gasteiger partial charge in [-0.15, -0.1) is 0 Å². The van der Waals surface area contributed by atoms with Crippen molar-refractivity contribution in [3.8, 4) is 5.75 Å². The molecule has 0 spiro atoms. The lowest BCUT2D eigenvalue weighted by molar-refractivity contribution is -0.130. The van der Waals surface area contributed by atoms with E-state index in [9.17, 15) is 9.90 Å². The fraction of sp³-hybridized carbons (Fsp3) is 0.353. The van der Waals surface area contributed by atoms with Crippen LogP contribution in [0.4, 0.5) is 0 Å². The zero-order valence-corrected chi connectivity index (χ0v) is 14.1. The Morgan fingerprint density at radius 3 is 2.59 bits per heavy atom. The van der Waals surface area contributed by atoms with Crippen LogP contribution < -0.4 is 0 Å². The summed E-state index contributed by atoms with van der Waals surface area (Å²) < 4.78 is 1.03. The Kier molecular flexibility index (Phi) is 4.36. The Balaban J connectivity index is 1.82. The second-order valence-corrected chi connectivity index (χ2v) is 6.63. The fourth-order valence-electron chi connectivity index (χ4n) is 2.96. The third kappa shape index (κ3) is 3.10. The third-order valence-electron chi connectivity index (χ3n) is 4.27. The molecule has 1 N–H and O–H groups in total. The fourth-order valence-corrected chi connectivity index (χ4v) is 3.34. The van der Waals surface area contributed by atoms with Crippen LogP contribution in [0.1, 0.15) is 12.5 Å². The number of fused-ring (bicyclic) bond motifs is 1. The molecule has 0 unspecified atom stereocenters. The summed E-state index contributed by atoms with van der Waals surface area (Å²) in [6.45, 7) is 5.51. The highest BCUT2D eigenvalue weighted by Gasteiger charge is 2.20. The summed E-state index contributed by atoms with van der Waals surface area (Å²) >= 11 is 3.48. The molecule has 4 nitrogen and oxygen atoms in total. The molecule has 1 aliphatic heterocycles. The van der Waals surface area contributed by atoms with Gasteiger partial charge in [-0.3, -0.25) is 9.69 Å². The number of benzene rings is 2. The Bertz CT molecular complexity index is 709. The molecule has 5 heteroatoms. The van der Waals surface area contributed by atoms with Crippen LogP contribution in [-0.4, -0.2) is 47.0 Å². The normalized spacial score (nSPS) is 16.2. The van der Waals surface area contributed by atoms with Gasteiger partial charge in [0.2, 0.25) is 5.91 Å². The van der Waals surface area contributed by atoms with Gasteiger partial charge >= 0.3 is 0 Å². The van der Waals surface area contributed by atoms with E-state index in [1.54, 1.807) is 13.0 Å². The van der Waals surface area contributed by atoms with Crippen LogP contribution in [-0.2, 0) is 11.3 Å². The van der Waals surface area contributed by atoms with Crippen molar-refractivity contribution in [3.63, 3.8) is 0 Å². The van der Waals surface area contributed by atoms with Gasteiger partial charge in [0.1, 0.15) is 5.75 Å². The first-order chi connectivity index (χ1) is 10.5. The lowest BCUT2D eigenvalue weighted by Gasteiger charge is -2.34. The molecule has 1 amide bonds. The molecule has 0 saturated carbocycles. The van der Waals surface area contributed by atoms with E-state index in [0.29, 0.717) is 12.3 Å². The molecule has 3 rings (SSSR count). The van der Waals surface area contributed by atoms with Gasteiger partial charge in [-0.2, -0.15) is 0 Å². The molecule has 2 aromatic carbocycles. The number of phenolic OH excluding ortho intramolecular Hbond substituents is 1. The van der Waals surface area contributed by atoms with Gasteiger partial charge in [-0.1, -0.05) is 28.1 Å². The number of halogens is 1. The number of hydrogen-bond donors (Lipinski definition) is 1. The van der Waals surface area contributed by atoms with Crippen molar-refractivity contribution in [3.05, 3.63) is 40.4 Å². The van der Waals surface area contributed by atoms with E-state index in [1.165, 1.54) is 0 Å². The second-order valence-electron chi connectivity index (χ2n) is 5.71. The summed E-state index contributed by atoms with van der Waals surface area (Å²) in [5, 5.41) is 12.4. The topological polar surface area (TPSA) is 43.8 Å². The molecule has 0 aromatic heterocycles. The van der Waals surface area contributed by atoms with Crippen molar-refractivity contribution >= 4 is 32.6 Å². The molecule has 1 aliphatic rings. The van der Waals surface area contributed by atoms with Crippen molar-refractivity contribution in [2.24, 2.45) is 0 Å². The molecular weight excluding hydrogens is 344 g/mol. The largest absolute Gasteiger partial charge is 0.508 e. The average Bonchev–Trinajstić information content (AvgIpc) is 2.50. The quantitative estimate of drug-likeness (QED) is 0.892. The van der Waals surface area contributed by atoms with E-state index in [0.717, 1.165) is 47.0 Å². The third-order valence-corrected chi connectivity index (χ3v) is 4.76. The lowest BCUT2D eigenvalue weighted by Crippen LogP contribution is -2.47. The smallest absolute Gasteiger partial charge is 0.219 e. The van der Waals surface area contributed by atoms with Gasteiger partial charge in [-0.05, 0) is 29.0 Å². The number of carbonyl (C=O) groups excluding carboxylic acids is 1. The average molecular weight is 363 g/mol. The van der Waals surface area contributed by atoms with Gasteiger partial charge in [-0.25, -0.2) is 0 Å². The summed E-state index contributed by atoms with van der Waals surface area (Å²) in [6.07, 6.45) is 0. The zero-order chi connectivity index (χ0) is 15.7. The minimum atomic E-state index is 0.137. The molecular formula is C17H19BrN2O2. The lowest BCUT2D eigenvalue weighted by atomic mass is 10.0. The highest BCUT2D eigenvalue weighted by atomic mass is 79.9. The summed E-state index contributed by atoms with van der Waals surface area (Å²) in [5.41, 5.74) is 0.960. The number of carbonyl (C=O) groups is 1. The van der Waals surface area contributed by atoms with Crippen LogP contribution in [0.25, 0.3) is 10.8 Å². The Hall–Kier alpha value is -1.59. The van der Waals surface area contributed by atoms with E-state index in [4.69, 9.17) is 0 Å². The maximum absolute atomic E-state index is 11.4. The van der Waals surface area contributed by atoms with E-state index < -0.39 is 0 Å². The number of nitrogens with zero attached hydrogens (tertiary/aromatic N) is 2. The van der Waals surface area contributed by atoms with Gasteiger partial charge in [0.05, 0.1) is 0 Å². The van der Waals surface area contributed by atoms with E-state index >= 15 is 0 Å². The molecule has 0 atom stereocenters. The first-order valence-corrected chi connectivity index (χ1v) is 8.22. The van der Waals surface area contributed by atoms with Crippen LogP contribution in [0, 0.1) is 0 Å². The number of amides is 1. The van der Waals surface area contributed by atoms with Crippen LogP contribution in [0.5, 0.6) is 5.75 Å². The van der Waals surface area contributed by atoms with Crippen molar-refractivity contribution < 1.29 is 9.90 Å². The Morgan fingerprint density at radius 1 is 1.18 bits per heavy atom. The van der Waals surface area contributed by atoms with Crippen LogP contribution >= 0.6 is 15.9 Å². The first-order valence-electron chi connectivity index (χ1n) is 7.42. The number of rotatable bonds is 2. The second kappa shape index (κ2) is 6.26. The van der Waals surface area contributed by atoms with Gasteiger partial charge in [0.25, 0.3) is 0 Å². The highest BCUT2D eigenvalue weighted by molar-refractivity contribution is 9.10. The summed E-state index contributed by atoms with van der Waals surface area (Å²) in [7, 11) is 0. The van der Waals surface area contributed by atoms with Gasteiger partial charge < -0.3 is 10.0 Å². The molecule has 1 heterocycles. The number of hydrogen-bond acceptors (Lipinski definition) is 3. The van der Waals surface area contributed by atoms with Gasteiger partial charge in [0.15, 0.2) is 0 Å². The molecule has 1 saturated heterocycles. The molecule has 0 aliphatic carbocycles. The van der Waals surface area contributed by atoms with E-state index in [-0.39, 0.29) is 5.91 Å². The molecule has 22 heavy (non-hydrogen) atoms. The van der Waals surface area contributed by atoms with Crippen molar-refractivity contribution in [2.75, 3.05) is 26.2 Å².